The summed E-state index contributed by atoms with van der Waals surface area (Å²) in [6, 6.07) is 0. The summed E-state index contributed by atoms with van der Waals surface area (Å²) >= 11 is 0. The molecule has 1 saturated carbocycles. The lowest BCUT2D eigenvalue weighted by Gasteiger charge is -2.35. The largest absolute Gasteiger partial charge is 0.393 e. The van der Waals surface area contributed by atoms with E-state index in [9.17, 15) is 5.11 Å². The Morgan fingerprint density at radius 1 is 1.37 bits per heavy atom. The summed E-state index contributed by atoms with van der Waals surface area (Å²) in [5, 5.41) is 12.5. The Bertz CT molecular complexity index is 443. The van der Waals surface area contributed by atoms with Gasteiger partial charge in [0.05, 0.1) is 6.10 Å². The lowest BCUT2D eigenvalue weighted by molar-refractivity contribution is 0.0464. The molecular formula is C14H24N4O. The lowest BCUT2D eigenvalue weighted by atomic mass is 9.82. The molecule has 0 saturated heterocycles. The predicted molar refractivity (Wildman–Crippen MR) is 77.7 cm³/mol. The van der Waals surface area contributed by atoms with Crippen LogP contribution in [0.2, 0.25) is 0 Å². The summed E-state index contributed by atoms with van der Waals surface area (Å²) in [6.45, 7) is 5.06. The van der Waals surface area contributed by atoms with Gasteiger partial charge in [-0.1, -0.05) is 6.92 Å². The van der Waals surface area contributed by atoms with Crippen molar-refractivity contribution in [1.29, 1.82) is 0 Å². The van der Waals surface area contributed by atoms with Crippen LogP contribution in [0.25, 0.3) is 0 Å². The maximum Gasteiger partial charge on any atom is 0.137 e. The van der Waals surface area contributed by atoms with Crippen molar-refractivity contribution in [3.05, 3.63) is 11.4 Å². The quantitative estimate of drug-likeness (QED) is 0.846. The maximum atomic E-state index is 9.37. The number of aromatic nitrogens is 2. The predicted octanol–water partition coefficient (Wildman–Crippen LogP) is 1.60. The number of nitrogens with zero attached hydrogens (tertiary/aromatic N) is 3. The van der Waals surface area contributed by atoms with Gasteiger partial charge in [-0.05, 0) is 25.7 Å². The van der Waals surface area contributed by atoms with Crippen molar-refractivity contribution in [2.45, 2.75) is 39.2 Å². The molecule has 1 heterocycles. The number of rotatable bonds is 5. The highest BCUT2D eigenvalue weighted by Gasteiger charge is 2.28. The van der Waals surface area contributed by atoms with E-state index in [0.29, 0.717) is 5.92 Å². The normalized spacial score (nSPS) is 21.9. The van der Waals surface area contributed by atoms with Gasteiger partial charge in [0, 0.05) is 32.6 Å². The molecule has 19 heavy (non-hydrogen) atoms. The molecule has 0 aromatic carbocycles. The van der Waals surface area contributed by atoms with Gasteiger partial charge in [-0.3, -0.25) is 0 Å². The van der Waals surface area contributed by atoms with E-state index in [1.165, 1.54) is 0 Å². The number of anilines is 2. The van der Waals surface area contributed by atoms with E-state index in [1.807, 2.05) is 14.0 Å². The van der Waals surface area contributed by atoms with E-state index in [1.54, 1.807) is 0 Å². The van der Waals surface area contributed by atoms with Crippen LogP contribution in [0.4, 0.5) is 11.6 Å². The van der Waals surface area contributed by atoms with Crippen LogP contribution in [-0.4, -0.2) is 41.8 Å². The Morgan fingerprint density at radius 2 is 2.05 bits per heavy atom. The molecule has 2 N–H and O–H groups in total. The van der Waals surface area contributed by atoms with E-state index in [4.69, 9.17) is 0 Å². The summed E-state index contributed by atoms with van der Waals surface area (Å²) < 4.78 is 0. The van der Waals surface area contributed by atoms with Gasteiger partial charge in [-0.25, -0.2) is 9.97 Å². The zero-order valence-corrected chi connectivity index (χ0v) is 12.3. The second-order valence-corrected chi connectivity index (χ2v) is 5.41. The van der Waals surface area contributed by atoms with Crippen molar-refractivity contribution in [3.63, 3.8) is 0 Å². The third-order valence-corrected chi connectivity index (χ3v) is 3.82. The van der Waals surface area contributed by atoms with Crippen molar-refractivity contribution >= 4 is 11.6 Å². The van der Waals surface area contributed by atoms with Crippen molar-refractivity contribution in [1.82, 2.24) is 9.97 Å². The van der Waals surface area contributed by atoms with E-state index < -0.39 is 0 Å². The van der Waals surface area contributed by atoms with Gasteiger partial charge in [0.15, 0.2) is 0 Å². The first-order chi connectivity index (χ1) is 9.05. The fourth-order valence-corrected chi connectivity index (χ4v) is 2.65. The molecule has 5 heteroatoms. The second kappa shape index (κ2) is 5.74. The monoisotopic (exact) mass is 264 g/mol. The van der Waals surface area contributed by atoms with Crippen molar-refractivity contribution in [3.8, 4) is 0 Å². The first-order valence-corrected chi connectivity index (χ1v) is 6.99. The molecule has 0 radical (unpaired) electrons. The molecule has 0 unspecified atom stereocenters. The highest BCUT2D eigenvalue weighted by atomic mass is 16.3. The third-order valence-electron chi connectivity index (χ3n) is 3.82. The van der Waals surface area contributed by atoms with Gasteiger partial charge in [-0.2, -0.15) is 0 Å². The highest BCUT2D eigenvalue weighted by molar-refractivity contribution is 5.58. The summed E-state index contributed by atoms with van der Waals surface area (Å²) in [5.41, 5.74) is 1.09. The zero-order chi connectivity index (χ0) is 14.0. The minimum absolute atomic E-state index is 0.0935. The number of aryl methyl sites for hydroxylation is 1. The molecule has 1 aliphatic carbocycles. The van der Waals surface area contributed by atoms with E-state index in [0.717, 1.165) is 48.8 Å². The number of aliphatic hydroxyl groups is 1. The standard InChI is InChI=1S/C14H24N4O/c1-5-12-16-13(15-3)9(2)14(17-12)18(4)8-10-6-11(19)7-10/h10-11,19H,5-8H2,1-4H3,(H,15,16,17). The smallest absolute Gasteiger partial charge is 0.137 e. The van der Waals surface area contributed by atoms with Crippen molar-refractivity contribution < 1.29 is 5.11 Å². The van der Waals surface area contributed by atoms with E-state index >= 15 is 0 Å². The van der Waals surface area contributed by atoms with Gasteiger partial charge < -0.3 is 15.3 Å². The highest BCUT2D eigenvalue weighted by Crippen LogP contribution is 2.30. The summed E-state index contributed by atoms with van der Waals surface area (Å²) in [6.07, 6.45) is 2.56. The number of hydrogen-bond donors (Lipinski definition) is 2. The van der Waals surface area contributed by atoms with E-state index in [-0.39, 0.29) is 6.10 Å². The maximum absolute atomic E-state index is 9.37. The van der Waals surface area contributed by atoms with Crippen LogP contribution in [0, 0.1) is 12.8 Å². The van der Waals surface area contributed by atoms with Gasteiger partial charge in [0.2, 0.25) is 0 Å². The summed E-state index contributed by atoms with van der Waals surface area (Å²) in [5.74, 6) is 3.35. The number of hydrogen-bond acceptors (Lipinski definition) is 5. The number of nitrogens with one attached hydrogen (secondary N) is 1. The van der Waals surface area contributed by atoms with E-state index in [2.05, 4.69) is 34.2 Å². The molecule has 5 nitrogen and oxygen atoms in total. The lowest BCUT2D eigenvalue weighted by Crippen LogP contribution is -2.37. The molecule has 1 aliphatic rings. The van der Waals surface area contributed by atoms with Crippen LogP contribution in [0.3, 0.4) is 0 Å². The molecule has 0 bridgehead atoms. The minimum atomic E-state index is -0.0935. The average Bonchev–Trinajstić information content (AvgIpc) is 2.37. The molecule has 1 fully saturated rings. The zero-order valence-electron chi connectivity index (χ0n) is 12.3. The molecule has 0 atom stereocenters. The summed E-state index contributed by atoms with van der Waals surface area (Å²) in [7, 11) is 3.96. The fraction of sp³-hybridized carbons (Fsp3) is 0.714. The van der Waals surface area contributed by atoms with Gasteiger partial charge in [0.1, 0.15) is 17.5 Å². The van der Waals surface area contributed by atoms with Crippen molar-refractivity contribution in [2.24, 2.45) is 5.92 Å². The Labute approximate surface area is 115 Å². The first kappa shape index (κ1) is 14.1. The minimum Gasteiger partial charge on any atom is -0.393 e. The molecule has 0 spiro atoms. The fourth-order valence-electron chi connectivity index (χ4n) is 2.65. The van der Waals surface area contributed by atoms with Crippen LogP contribution >= 0.6 is 0 Å². The Hall–Kier alpha value is -1.36. The first-order valence-electron chi connectivity index (χ1n) is 6.99. The van der Waals surface area contributed by atoms with Crippen molar-refractivity contribution in [2.75, 3.05) is 30.9 Å². The molecule has 106 valence electrons. The third kappa shape index (κ3) is 2.97. The van der Waals surface area contributed by atoms with Crippen LogP contribution in [0.15, 0.2) is 0 Å². The number of aliphatic hydroxyl groups excluding tert-OH is 1. The average molecular weight is 264 g/mol. The van der Waals surface area contributed by atoms with Crippen LogP contribution in [-0.2, 0) is 6.42 Å². The molecule has 0 amide bonds. The topological polar surface area (TPSA) is 61.3 Å². The summed E-state index contributed by atoms with van der Waals surface area (Å²) in [4.78, 5) is 11.3. The Morgan fingerprint density at radius 3 is 2.58 bits per heavy atom. The van der Waals surface area contributed by atoms with Gasteiger partial charge in [0.25, 0.3) is 0 Å². The molecule has 1 aromatic rings. The van der Waals surface area contributed by atoms with Crippen LogP contribution in [0.5, 0.6) is 0 Å². The van der Waals surface area contributed by atoms with Gasteiger partial charge in [-0.15, -0.1) is 0 Å². The Kier molecular flexibility index (Phi) is 4.24. The van der Waals surface area contributed by atoms with Crippen LogP contribution < -0.4 is 10.2 Å². The molecule has 2 rings (SSSR count). The van der Waals surface area contributed by atoms with Crippen LogP contribution in [0.1, 0.15) is 31.2 Å². The Balaban J connectivity index is 2.17. The molecule has 0 aliphatic heterocycles. The second-order valence-electron chi connectivity index (χ2n) is 5.41. The molecular weight excluding hydrogens is 240 g/mol. The molecule has 1 aromatic heterocycles. The SMILES string of the molecule is CCc1nc(NC)c(C)c(N(C)CC2CC(O)C2)n1. The van der Waals surface area contributed by atoms with Gasteiger partial charge >= 0.3 is 0 Å².